The van der Waals surface area contributed by atoms with E-state index >= 15 is 0 Å². The van der Waals surface area contributed by atoms with Gasteiger partial charge in [-0.3, -0.25) is 4.79 Å². The van der Waals surface area contributed by atoms with Crippen LogP contribution in [-0.4, -0.2) is 36.3 Å². The maximum absolute atomic E-state index is 12.5. The third kappa shape index (κ3) is 5.38. The van der Waals surface area contributed by atoms with Gasteiger partial charge in [0.25, 0.3) is 0 Å². The van der Waals surface area contributed by atoms with Gasteiger partial charge in [-0.05, 0) is 35.9 Å². The van der Waals surface area contributed by atoms with Gasteiger partial charge in [-0.25, -0.2) is 0 Å². The molecule has 1 aliphatic rings. The van der Waals surface area contributed by atoms with E-state index in [4.69, 9.17) is 27.9 Å². The Labute approximate surface area is 162 Å². The summed E-state index contributed by atoms with van der Waals surface area (Å²) >= 11 is 13.8. The third-order valence-corrected chi connectivity index (χ3v) is 5.45. The predicted octanol–water partition coefficient (Wildman–Crippen LogP) is 5.08. The Morgan fingerprint density at radius 2 is 1.88 bits per heavy atom. The number of nitrogens with zero attached hydrogens (tertiary/aromatic N) is 1. The number of carbonyl (C=O) groups excluding carboxylic acids is 1. The summed E-state index contributed by atoms with van der Waals surface area (Å²) in [5.74, 6) is 0.929. The molecular weight excluding hydrogens is 377 g/mol. The van der Waals surface area contributed by atoms with E-state index in [1.807, 2.05) is 35.2 Å². The molecule has 1 saturated heterocycles. The van der Waals surface area contributed by atoms with Gasteiger partial charge < -0.3 is 9.64 Å². The smallest absolute Gasteiger partial charge is 0.223 e. The van der Waals surface area contributed by atoms with Crippen molar-refractivity contribution in [2.45, 2.75) is 17.4 Å². The largest absolute Gasteiger partial charge is 0.370 e. The highest BCUT2D eigenvalue weighted by molar-refractivity contribution is 7.99. The predicted molar refractivity (Wildman–Crippen MR) is 104 cm³/mol. The van der Waals surface area contributed by atoms with Gasteiger partial charge in [0.05, 0.1) is 13.2 Å². The SMILES string of the molecule is O=C(CCSc1ccccc1)N1CCOC(c2cc(Cl)cc(Cl)c2)C1. The van der Waals surface area contributed by atoms with Crippen LogP contribution in [0.25, 0.3) is 0 Å². The van der Waals surface area contributed by atoms with Crippen LogP contribution in [-0.2, 0) is 9.53 Å². The first-order valence-corrected chi connectivity index (χ1v) is 9.89. The lowest BCUT2D eigenvalue weighted by Gasteiger charge is -2.33. The average Bonchev–Trinajstić information content (AvgIpc) is 2.62. The minimum absolute atomic E-state index is 0.157. The van der Waals surface area contributed by atoms with Crippen molar-refractivity contribution in [2.75, 3.05) is 25.4 Å². The molecule has 2 aromatic rings. The number of hydrogen-bond acceptors (Lipinski definition) is 3. The number of rotatable bonds is 5. The van der Waals surface area contributed by atoms with Gasteiger partial charge in [0.1, 0.15) is 6.10 Å². The molecule has 0 aromatic heterocycles. The summed E-state index contributed by atoms with van der Waals surface area (Å²) in [6.45, 7) is 1.68. The lowest BCUT2D eigenvalue weighted by atomic mass is 10.1. The average molecular weight is 396 g/mol. The van der Waals surface area contributed by atoms with Crippen molar-refractivity contribution in [2.24, 2.45) is 0 Å². The highest BCUT2D eigenvalue weighted by Gasteiger charge is 2.25. The van der Waals surface area contributed by atoms with Gasteiger partial charge in [-0.2, -0.15) is 0 Å². The Hall–Kier alpha value is -1.20. The molecule has 0 aliphatic carbocycles. The Bertz CT molecular complexity index is 706. The van der Waals surface area contributed by atoms with Crippen LogP contribution in [0.15, 0.2) is 53.4 Å². The van der Waals surface area contributed by atoms with Gasteiger partial charge >= 0.3 is 0 Å². The molecule has 0 saturated carbocycles. The van der Waals surface area contributed by atoms with Crippen LogP contribution in [0.2, 0.25) is 10.0 Å². The van der Waals surface area contributed by atoms with Crippen LogP contribution >= 0.6 is 35.0 Å². The lowest BCUT2D eigenvalue weighted by Crippen LogP contribution is -2.42. The third-order valence-electron chi connectivity index (χ3n) is 4.00. The van der Waals surface area contributed by atoms with E-state index in [1.54, 1.807) is 17.8 Å². The second-order valence-electron chi connectivity index (χ2n) is 5.81. The number of amides is 1. The van der Waals surface area contributed by atoms with Gasteiger partial charge in [-0.1, -0.05) is 41.4 Å². The summed E-state index contributed by atoms with van der Waals surface area (Å²) in [4.78, 5) is 15.6. The second-order valence-corrected chi connectivity index (χ2v) is 7.85. The Kier molecular flexibility index (Phi) is 6.65. The summed E-state index contributed by atoms with van der Waals surface area (Å²) in [6.07, 6.45) is 0.332. The van der Waals surface area contributed by atoms with E-state index in [1.165, 1.54) is 4.90 Å². The summed E-state index contributed by atoms with van der Waals surface area (Å²) in [6, 6.07) is 15.5. The second kappa shape index (κ2) is 8.95. The number of halogens is 2. The van der Waals surface area contributed by atoms with E-state index in [2.05, 4.69) is 12.1 Å². The molecule has 1 heterocycles. The number of benzene rings is 2. The van der Waals surface area contributed by atoms with Gasteiger partial charge in [0.15, 0.2) is 0 Å². The highest BCUT2D eigenvalue weighted by Crippen LogP contribution is 2.28. The fraction of sp³-hybridized carbons (Fsp3) is 0.316. The number of morpholine rings is 1. The highest BCUT2D eigenvalue weighted by atomic mass is 35.5. The fourth-order valence-electron chi connectivity index (χ4n) is 2.77. The van der Waals surface area contributed by atoms with E-state index in [0.717, 1.165) is 11.3 Å². The quantitative estimate of drug-likeness (QED) is 0.661. The van der Waals surface area contributed by atoms with Crippen LogP contribution in [0, 0.1) is 0 Å². The molecule has 0 radical (unpaired) electrons. The van der Waals surface area contributed by atoms with E-state index < -0.39 is 0 Å². The van der Waals surface area contributed by atoms with Crippen LogP contribution in [0.1, 0.15) is 18.1 Å². The van der Waals surface area contributed by atoms with Crippen molar-refractivity contribution in [3.05, 3.63) is 64.1 Å². The minimum Gasteiger partial charge on any atom is -0.370 e. The molecule has 1 atom stereocenters. The fourth-order valence-corrected chi connectivity index (χ4v) is 4.17. The Balaban J connectivity index is 1.54. The number of hydrogen-bond donors (Lipinski definition) is 0. The molecule has 132 valence electrons. The van der Waals surface area contributed by atoms with Crippen molar-refractivity contribution in [3.63, 3.8) is 0 Å². The zero-order valence-electron chi connectivity index (χ0n) is 13.7. The molecule has 3 nitrogen and oxygen atoms in total. The van der Waals surface area contributed by atoms with Crippen LogP contribution in [0.3, 0.4) is 0 Å². The molecule has 1 unspecified atom stereocenters. The first-order chi connectivity index (χ1) is 12.1. The van der Waals surface area contributed by atoms with Crippen LogP contribution < -0.4 is 0 Å². The van der Waals surface area contributed by atoms with E-state index in [0.29, 0.717) is 36.2 Å². The van der Waals surface area contributed by atoms with Crippen molar-refractivity contribution in [1.82, 2.24) is 4.90 Å². The van der Waals surface area contributed by atoms with Crippen molar-refractivity contribution in [3.8, 4) is 0 Å². The van der Waals surface area contributed by atoms with Crippen molar-refractivity contribution in [1.29, 1.82) is 0 Å². The standard InChI is InChI=1S/C19H19Cl2NO2S/c20-15-10-14(11-16(21)12-15)18-13-22(7-8-24-18)19(23)6-9-25-17-4-2-1-3-5-17/h1-5,10-12,18H,6-9,13H2. The van der Waals surface area contributed by atoms with Gasteiger partial charge in [0, 0.05) is 33.7 Å². The minimum atomic E-state index is -0.185. The molecule has 25 heavy (non-hydrogen) atoms. The molecule has 1 aliphatic heterocycles. The molecule has 6 heteroatoms. The summed E-state index contributed by atoms with van der Waals surface area (Å²) in [5, 5.41) is 1.16. The summed E-state index contributed by atoms with van der Waals surface area (Å²) < 4.78 is 5.81. The summed E-state index contributed by atoms with van der Waals surface area (Å²) in [5.41, 5.74) is 0.911. The molecule has 2 aromatic carbocycles. The number of carbonyl (C=O) groups is 1. The normalized spacial score (nSPS) is 17.5. The Morgan fingerprint density at radius 1 is 1.16 bits per heavy atom. The number of ether oxygens (including phenoxy) is 1. The van der Waals surface area contributed by atoms with Gasteiger partial charge in [-0.15, -0.1) is 11.8 Å². The molecule has 1 fully saturated rings. The van der Waals surface area contributed by atoms with E-state index in [-0.39, 0.29) is 12.0 Å². The van der Waals surface area contributed by atoms with Crippen molar-refractivity contribution >= 4 is 40.9 Å². The van der Waals surface area contributed by atoms with E-state index in [9.17, 15) is 4.79 Å². The number of thioether (sulfide) groups is 1. The zero-order valence-corrected chi connectivity index (χ0v) is 16.0. The Morgan fingerprint density at radius 3 is 2.60 bits per heavy atom. The van der Waals surface area contributed by atoms with Crippen LogP contribution in [0.4, 0.5) is 0 Å². The van der Waals surface area contributed by atoms with Crippen LogP contribution in [0.5, 0.6) is 0 Å². The van der Waals surface area contributed by atoms with Gasteiger partial charge in [0.2, 0.25) is 5.91 Å². The topological polar surface area (TPSA) is 29.5 Å². The maximum Gasteiger partial charge on any atom is 0.223 e. The lowest BCUT2D eigenvalue weighted by molar-refractivity contribution is -0.138. The molecule has 0 N–H and O–H groups in total. The molecule has 1 amide bonds. The molecule has 3 rings (SSSR count). The first-order valence-electron chi connectivity index (χ1n) is 8.15. The maximum atomic E-state index is 12.5. The van der Waals surface area contributed by atoms with Crippen molar-refractivity contribution < 1.29 is 9.53 Å². The first kappa shape index (κ1) is 18.6. The molecule has 0 spiro atoms. The monoisotopic (exact) mass is 395 g/mol. The summed E-state index contributed by atoms with van der Waals surface area (Å²) in [7, 11) is 0. The molecular formula is C19H19Cl2NO2S. The zero-order chi connectivity index (χ0) is 17.6. The molecule has 0 bridgehead atoms.